The molecule has 5 rings (SSSR count). The van der Waals surface area contributed by atoms with Crippen LogP contribution < -0.4 is 21.3 Å². The van der Waals surface area contributed by atoms with E-state index in [2.05, 4.69) is 39.6 Å². The minimum absolute atomic E-state index is 0.0705. The smallest absolute Gasteiger partial charge is 0.263 e. The molecular weight excluding hydrogens is 408 g/mol. The number of nitrogen functional groups attached to an aromatic ring is 1. The van der Waals surface area contributed by atoms with Crippen LogP contribution in [0.15, 0.2) is 24.3 Å². The maximum absolute atomic E-state index is 13.0. The summed E-state index contributed by atoms with van der Waals surface area (Å²) in [5, 5.41) is 7.46. The van der Waals surface area contributed by atoms with E-state index in [1.54, 1.807) is 0 Å². The molecule has 8 heteroatoms. The largest absolute Gasteiger partial charge is 0.397 e. The zero-order chi connectivity index (χ0) is 21.5. The van der Waals surface area contributed by atoms with Crippen molar-refractivity contribution in [1.82, 2.24) is 20.6 Å². The Morgan fingerprint density at radius 1 is 1.23 bits per heavy atom. The molecule has 7 nitrogen and oxygen atoms in total. The number of aryl methyl sites for hydroxylation is 1. The summed E-state index contributed by atoms with van der Waals surface area (Å²) in [5.74, 6) is 1.25. The number of carbonyl (C=O) groups excluding carboxylic acids is 1. The normalized spacial score (nSPS) is 21.2. The molecule has 0 aromatic carbocycles. The van der Waals surface area contributed by atoms with Crippen molar-refractivity contribution < 1.29 is 4.79 Å². The van der Waals surface area contributed by atoms with E-state index in [0.29, 0.717) is 16.5 Å². The summed E-state index contributed by atoms with van der Waals surface area (Å²) >= 11 is 1.37. The van der Waals surface area contributed by atoms with Crippen molar-refractivity contribution in [2.45, 2.75) is 38.6 Å². The quantitative estimate of drug-likeness (QED) is 0.584. The number of piperazine rings is 1. The second-order valence-corrected chi connectivity index (χ2v) is 9.61. The predicted molar refractivity (Wildman–Crippen MR) is 126 cm³/mol. The van der Waals surface area contributed by atoms with Gasteiger partial charge in [-0.3, -0.25) is 4.79 Å². The number of thiophene rings is 1. The second-order valence-electron chi connectivity index (χ2n) is 8.61. The summed E-state index contributed by atoms with van der Waals surface area (Å²) < 4.78 is 0. The minimum atomic E-state index is -0.107. The number of amides is 1. The fraction of sp³-hybridized carbons (Fsp3) is 0.435. The summed E-state index contributed by atoms with van der Waals surface area (Å²) in [5.41, 5.74) is 10.1. The molecule has 0 spiro atoms. The zero-order valence-corrected chi connectivity index (χ0v) is 18.8. The zero-order valence-electron chi connectivity index (χ0n) is 17.9. The first-order valence-electron chi connectivity index (χ1n) is 10.9. The number of nitrogens with one attached hydrogen (secondary N) is 2. The van der Waals surface area contributed by atoms with Gasteiger partial charge in [0.2, 0.25) is 0 Å². The van der Waals surface area contributed by atoms with Crippen molar-refractivity contribution >= 4 is 39.0 Å². The Bertz CT molecular complexity index is 1140. The van der Waals surface area contributed by atoms with E-state index < -0.39 is 0 Å². The van der Waals surface area contributed by atoms with Gasteiger partial charge in [0, 0.05) is 54.9 Å². The van der Waals surface area contributed by atoms with Crippen LogP contribution in [0.5, 0.6) is 0 Å². The number of rotatable bonds is 3. The van der Waals surface area contributed by atoms with Gasteiger partial charge in [0.05, 0.1) is 5.69 Å². The average Bonchev–Trinajstić information content (AvgIpc) is 3.10. The molecule has 3 aromatic rings. The molecule has 0 saturated carbocycles. The fourth-order valence-electron chi connectivity index (χ4n) is 4.67. The van der Waals surface area contributed by atoms with Crippen LogP contribution in [-0.4, -0.2) is 48.1 Å². The molecule has 1 saturated heterocycles. The molecule has 3 aromatic heterocycles. The Morgan fingerprint density at radius 2 is 2.03 bits per heavy atom. The van der Waals surface area contributed by atoms with Gasteiger partial charge >= 0.3 is 0 Å². The van der Waals surface area contributed by atoms with Crippen LogP contribution in [-0.2, 0) is 6.42 Å². The van der Waals surface area contributed by atoms with Gasteiger partial charge < -0.3 is 21.3 Å². The van der Waals surface area contributed by atoms with Crippen molar-refractivity contribution in [1.29, 1.82) is 0 Å². The number of anilines is 2. The van der Waals surface area contributed by atoms with Crippen LogP contribution in [0.25, 0.3) is 10.2 Å². The van der Waals surface area contributed by atoms with Crippen molar-refractivity contribution in [3.05, 3.63) is 46.1 Å². The van der Waals surface area contributed by atoms with Crippen LogP contribution in [0.1, 0.15) is 45.9 Å². The lowest BCUT2D eigenvalue weighted by atomic mass is 9.84. The lowest BCUT2D eigenvalue weighted by molar-refractivity contribution is 0.0937. The lowest BCUT2D eigenvalue weighted by Gasteiger charge is -2.32. The SMILES string of the molecule is Cc1ccc2c(N)c(C(=O)N[C@@H]3Cc4ccc(N5CCNCC5)nc4[C@H](C)C3)sc2n1. The third-order valence-electron chi connectivity index (χ3n) is 6.28. The van der Waals surface area contributed by atoms with Gasteiger partial charge in [0.1, 0.15) is 15.5 Å². The van der Waals surface area contributed by atoms with E-state index in [0.717, 1.165) is 60.7 Å². The number of nitrogens with zero attached hydrogens (tertiary/aromatic N) is 3. The number of nitrogens with two attached hydrogens (primary N) is 1. The van der Waals surface area contributed by atoms with Gasteiger partial charge in [-0.25, -0.2) is 9.97 Å². The van der Waals surface area contributed by atoms with Crippen molar-refractivity contribution in [2.75, 3.05) is 36.8 Å². The molecule has 162 valence electrons. The molecule has 1 aliphatic carbocycles. The number of hydrogen-bond donors (Lipinski definition) is 3. The number of fused-ring (bicyclic) bond motifs is 2. The average molecular weight is 437 g/mol. The maximum Gasteiger partial charge on any atom is 0.263 e. The predicted octanol–water partition coefficient (Wildman–Crippen LogP) is 2.84. The number of hydrogen-bond acceptors (Lipinski definition) is 7. The van der Waals surface area contributed by atoms with E-state index >= 15 is 0 Å². The van der Waals surface area contributed by atoms with Gasteiger partial charge in [-0.15, -0.1) is 11.3 Å². The van der Waals surface area contributed by atoms with Gasteiger partial charge in [0.15, 0.2) is 0 Å². The van der Waals surface area contributed by atoms with Crippen molar-refractivity contribution in [3.8, 4) is 0 Å². The highest BCUT2D eigenvalue weighted by molar-refractivity contribution is 7.21. The molecular formula is C23H28N6OS. The fourth-order valence-corrected chi connectivity index (χ4v) is 5.71. The third-order valence-corrected chi connectivity index (χ3v) is 7.40. The summed E-state index contributed by atoms with van der Waals surface area (Å²) in [4.78, 5) is 26.3. The number of aromatic nitrogens is 2. The molecule has 0 unspecified atom stereocenters. The van der Waals surface area contributed by atoms with Crippen LogP contribution in [0.2, 0.25) is 0 Å². The van der Waals surface area contributed by atoms with Crippen LogP contribution in [0.3, 0.4) is 0 Å². The Morgan fingerprint density at radius 3 is 2.84 bits per heavy atom. The first-order valence-corrected chi connectivity index (χ1v) is 11.7. The molecule has 31 heavy (non-hydrogen) atoms. The Hall–Kier alpha value is -2.71. The molecule has 0 radical (unpaired) electrons. The topological polar surface area (TPSA) is 96.2 Å². The van der Waals surface area contributed by atoms with Crippen LogP contribution in [0, 0.1) is 6.92 Å². The van der Waals surface area contributed by atoms with Crippen LogP contribution in [0.4, 0.5) is 11.5 Å². The molecule has 2 aliphatic rings. The van der Waals surface area contributed by atoms with E-state index in [1.165, 1.54) is 22.6 Å². The molecule has 1 amide bonds. The summed E-state index contributed by atoms with van der Waals surface area (Å²) in [7, 11) is 0. The van der Waals surface area contributed by atoms with Gasteiger partial charge in [-0.1, -0.05) is 13.0 Å². The molecule has 2 atom stereocenters. The Balaban J connectivity index is 1.33. The van der Waals surface area contributed by atoms with Gasteiger partial charge in [-0.2, -0.15) is 0 Å². The summed E-state index contributed by atoms with van der Waals surface area (Å²) in [6.45, 7) is 8.12. The molecule has 4 heterocycles. The monoisotopic (exact) mass is 436 g/mol. The van der Waals surface area contributed by atoms with Gasteiger partial charge in [-0.05, 0) is 43.5 Å². The number of carbonyl (C=O) groups is 1. The lowest BCUT2D eigenvalue weighted by Crippen LogP contribution is -2.44. The molecule has 0 bridgehead atoms. The first kappa shape index (κ1) is 20.2. The summed E-state index contributed by atoms with van der Waals surface area (Å²) in [6.07, 6.45) is 1.67. The highest BCUT2D eigenvalue weighted by Crippen LogP contribution is 2.34. The maximum atomic E-state index is 13.0. The second kappa shape index (κ2) is 8.09. The molecule has 1 aliphatic heterocycles. The van der Waals surface area contributed by atoms with E-state index in [4.69, 9.17) is 10.7 Å². The Labute approximate surface area is 186 Å². The van der Waals surface area contributed by atoms with Crippen LogP contribution >= 0.6 is 11.3 Å². The highest BCUT2D eigenvalue weighted by Gasteiger charge is 2.29. The van der Waals surface area contributed by atoms with Gasteiger partial charge in [0.25, 0.3) is 5.91 Å². The third kappa shape index (κ3) is 3.85. The van der Waals surface area contributed by atoms with Crippen molar-refractivity contribution in [2.24, 2.45) is 0 Å². The highest BCUT2D eigenvalue weighted by atomic mass is 32.1. The van der Waals surface area contributed by atoms with E-state index in [9.17, 15) is 4.79 Å². The van der Waals surface area contributed by atoms with E-state index in [-0.39, 0.29) is 11.9 Å². The standard InChI is InChI=1S/C23H28N6OS/c1-13-11-16(12-15-4-6-18(28-20(13)15)29-9-7-25-8-10-29)27-22(30)21-19(24)17-5-3-14(2)26-23(17)31-21/h3-6,13,16,25H,7-12,24H2,1-2H3,(H,27,30)/t13-,16+/m1/s1. The van der Waals surface area contributed by atoms with E-state index in [1.807, 2.05) is 19.1 Å². The number of pyridine rings is 2. The molecule has 4 N–H and O–H groups in total. The summed E-state index contributed by atoms with van der Waals surface area (Å²) in [6, 6.07) is 8.25. The minimum Gasteiger partial charge on any atom is -0.397 e. The Kier molecular flexibility index (Phi) is 5.27. The first-order chi connectivity index (χ1) is 15.0. The van der Waals surface area contributed by atoms with Crippen molar-refractivity contribution in [3.63, 3.8) is 0 Å². The molecule has 1 fully saturated rings.